The van der Waals surface area contributed by atoms with Gasteiger partial charge in [0.25, 0.3) is 0 Å². The van der Waals surface area contributed by atoms with E-state index in [9.17, 15) is 8.78 Å². The van der Waals surface area contributed by atoms with Crippen molar-refractivity contribution in [2.75, 3.05) is 6.54 Å². The first kappa shape index (κ1) is 13.7. The van der Waals surface area contributed by atoms with Crippen LogP contribution in [-0.4, -0.2) is 16.3 Å². The molecule has 0 spiro atoms. The number of aromatic nitrogens is 2. The Morgan fingerprint density at radius 2 is 2.16 bits per heavy atom. The second-order valence-electron chi connectivity index (χ2n) is 4.47. The summed E-state index contributed by atoms with van der Waals surface area (Å²) < 4.78 is 27.8. The number of halogens is 2. The van der Waals surface area contributed by atoms with Gasteiger partial charge in [-0.3, -0.25) is 4.68 Å². The standard InChI is InChI=1S/C14H17F2N3/c1-11(12-4-5-13(15)14(16)10-12)17-6-2-8-19-9-3-7-18-19/h3-5,7,9-11,17H,2,6,8H2,1H3. The summed E-state index contributed by atoms with van der Waals surface area (Å²) in [5.41, 5.74) is 0.748. The van der Waals surface area contributed by atoms with Gasteiger partial charge in [0.2, 0.25) is 0 Å². The molecule has 0 bridgehead atoms. The van der Waals surface area contributed by atoms with Gasteiger partial charge < -0.3 is 5.32 Å². The molecule has 1 atom stereocenters. The van der Waals surface area contributed by atoms with Crippen LogP contribution in [0.5, 0.6) is 0 Å². The number of rotatable bonds is 6. The fourth-order valence-corrected chi connectivity index (χ4v) is 1.89. The molecule has 3 nitrogen and oxygen atoms in total. The minimum atomic E-state index is -0.811. The van der Waals surface area contributed by atoms with Gasteiger partial charge in [0, 0.05) is 25.0 Å². The van der Waals surface area contributed by atoms with E-state index in [1.807, 2.05) is 23.9 Å². The lowest BCUT2D eigenvalue weighted by atomic mass is 10.1. The Morgan fingerprint density at radius 1 is 1.32 bits per heavy atom. The molecule has 0 saturated heterocycles. The second kappa shape index (κ2) is 6.43. The summed E-state index contributed by atoms with van der Waals surface area (Å²) in [6.07, 6.45) is 4.59. The van der Waals surface area contributed by atoms with E-state index < -0.39 is 11.6 Å². The van der Waals surface area contributed by atoms with Gasteiger partial charge in [0.15, 0.2) is 11.6 Å². The van der Waals surface area contributed by atoms with E-state index in [1.165, 1.54) is 6.07 Å². The van der Waals surface area contributed by atoms with E-state index in [2.05, 4.69) is 10.4 Å². The third kappa shape index (κ3) is 3.86. The third-order valence-electron chi connectivity index (χ3n) is 3.02. The zero-order valence-electron chi connectivity index (χ0n) is 10.8. The highest BCUT2D eigenvalue weighted by atomic mass is 19.2. The van der Waals surface area contributed by atoms with Crippen molar-refractivity contribution >= 4 is 0 Å². The van der Waals surface area contributed by atoms with Crippen molar-refractivity contribution in [1.82, 2.24) is 15.1 Å². The molecular formula is C14H17F2N3. The van der Waals surface area contributed by atoms with Crippen LogP contribution in [0.1, 0.15) is 24.9 Å². The zero-order chi connectivity index (χ0) is 13.7. The Labute approximate surface area is 111 Å². The Hall–Kier alpha value is -1.75. The van der Waals surface area contributed by atoms with Crippen molar-refractivity contribution in [3.63, 3.8) is 0 Å². The fourth-order valence-electron chi connectivity index (χ4n) is 1.89. The van der Waals surface area contributed by atoms with Gasteiger partial charge in [-0.15, -0.1) is 0 Å². The minimum Gasteiger partial charge on any atom is -0.310 e. The molecule has 1 aromatic carbocycles. The molecule has 102 valence electrons. The average molecular weight is 265 g/mol. The van der Waals surface area contributed by atoms with Gasteiger partial charge >= 0.3 is 0 Å². The molecule has 0 amide bonds. The van der Waals surface area contributed by atoms with Crippen molar-refractivity contribution < 1.29 is 8.78 Å². The molecule has 2 aromatic rings. The maximum atomic E-state index is 13.1. The van der Waals surface area contributed by atoms with Crippen LogP contribution in [0.2, 0.25) is 0 Å². The molecular weight excluding hydrogens is 248 g/mol. The van der Waals surface area contributed by atoms with E-state index >= 15 is 0 Å². The molecule has 0 saturated carbocycles. The Kier molecular flexibility index (Phi) is 4.63. The molecule has 0 aliphatic heterocycles. The Balaban J connectivity index is 1.77. The normalized spacial score (nSPS) is 12.6. The highest BCUT2D eigenvalue weighted by molar-refractivity contribution is 5.20. The van der Waals surface area contributed by atoms with Crippen molar-refractivity contribution in [1.29, 1.82) is 0 Å². The maximum absolute atomic E-state index is 13.1. The highest BCUT2D eigenvalue weighted by Crippen LogP contribution is 2.15. The SMILES string of the molecule is CC(NCCCn1cccn1)c1ccc(F)c(F)c1. The fraction of sp³-hybridized carbons (Fsp3) is 0.357. The molecule has 1 heterocycles. The number of benzene rings is 1. The molecule has 1 N–H and O–H groups in total. The van der Waals surface area contributed by atoms with Crippen LogP contribution >= 0.6 is 0 Å². The van der Waals surface area contributed by atoms with E-state index in [4.69, 9.17) is 0 Å². The average Bonchev–Trinajstić information content (AvgIpc) is 2.91. The Morgan fingerprint density at radius 3 is 2.84 bits per heavy atom. The van der Waals surface area contributed by atoms with Gasteiger partial charge in [-0.25, -0.2) is 8.78 Å². The van der Waals surface area contributed by atoms with Gasteiger partial charge in [0.05, 0.1) is 0 Å². The summed E-state index contributed by atoms with van der Waals surface area (Å²) in [7, 11) is 0. The molecule has 1 unspecified atom stereocenters. The van der Waals surface area contributed by atoms with Crippen molar-refractivity contribution in [3.8, 4) is 0 Å². The van der Waals surface area contributed by atoms with Crippen LogP contribution in [0, 0.1) is 11.6 Å². The van der Waals surface area contributed by atoms with Crippen molar-refractivity contribution in [2.45, 2.75) is 25.9 Å². The largest absolute Gasteiger partial charge is 0.310 e. The predicted octanol–water partition coefficient (Wildman–Crippen LogP) is 2.90. The van der Waals surface area contributed by atoms with Crippen LogP contribution in [0.25, 0.3) is 0 Å². The zero-order valence-corrected chi connectivity index (χ0v) is 10.8. The lowest BCUT2D eigenvalue weighted by Gasteiger charge is -2.14. The summed E-state index contributed by atoms with van der Waals surface area (Å²) >= 11 is 0. The summed E-state index contributed by atoms with van der Waals surface area (Å²) in [5, 5.41) is 7.39. The first-order chi connectivity index (χ1) is 9.16. The molecule has 5 heteroatoms. The van der Waals surface area contributed by atoms with E-state index in [0.717, 1.165) is 31.1 Å². The van der Waals surface area contributed by atoms with Crippen LogP contribution < -0.4 is 5.32 Å². The summed E-state index contributed by atoms with van der Waals surface area (Å²) in [6.45, 7) is 3.56. The lowest BCUT2D eigenvalue weighted by molar-refractivity contribution is 0.491. The van der Waals surface area contributed by atoms with Gasteiger partial charge in [0.1, 0.15) is 0 Å². The molecule has 19 heavy (non-hydrogen) atoms. The summed E-state index contributed by atoms with van der Waals surface area (Å²) in [4.78, 5) is 0. The number of nitrogens with zero attached hydrogens (tertiary/aromatic N) is 2. The van der Waals surface area contributed by atoms with Crippen LogP contribution in [0.3, 0.4) is 0 Å². The van der Waals surface area contributed by atoms with Gasteiger partial charge in [-0.1, -0.05) is 6.07 Å². The van der Waals surface area contributed by atoms with Crippen LogP contribution in [0.15, 0.2) is 36.7 Å². The number of hydrogen-bond acceptors (Lipinski definition) is 2. The smallest absolute Gasteiger partial charge is 0.159 e. The maximum Gasteiger partial charge on any atom is 0.159 e. The minimum absolute atomic E-state index is 0.00674. The monoisotopic (exact) mass is 265 g/mol. The van der Waals surface area contributed by atoms with Gasteiger partial charge in [-0.2, -0.15) is 5.10 Å². The number of aryl methyl sites for hydroxylation is 1. The van der Waals surface area contributed by atoms with E-state index in [0.29, 0.717) is 0 Å². The van der Waals surface area contributed by atoms with E-state index in [-0.39, 0.29) is 6.04 Å². The van der Waals surface area contributed by atoms with Crippen molar-refractivity contribution in [3.05, 3.63) is 53.9 Å². The molecule has 0 aliphatic rings. The summed E-state index contributed by atoms with van der Waals surface area (Å²) in [6, 6.07) is 5.88. The van der Waals surface area contributed by atoms with E-state index in [1.54, 1.807) is 12.3 Å². The number of nitrogens with one attached hydrogen (secondary N) is 1. The molecule has 0 fully saturated rings. The first-order valence-corrected chi connectivity index (χ1v) is 6.32. The number of hydrogen-bond donors (Lipinski definition) is 1. The second-order valence-corrected chi connectivity index (χ2v) is 4.47. The lowest BCUT2D eigenvalue weighted by Crippen LogP contribution is -2.21. The van der Waals surface area contributed by atoms with Crippen LogP contribution in [0.4, 0.5) is 8.78 Å². The Bertz CT molecular complexity index is 511. The molecule has 2 rings (SSSR count). The molecule has 1 aromatic heterocycles. The van der Waals surface area contributed by atoms with Gasteiger partial charge in [-0.05, 0) is 43.7 Å². The predicted molar refractivity (Wildman–Crippen MR) is 69.6 cm³/mol. The third-order valence-corrected chi connectivity index (χ3v) is 3.02. The summed E-state index contributed by atoms with van der Waals surface area (Å²) in [5.74, 6) is -1.61. The highest BCUT2D eigenvalue weighted by Gasteiger charge is 2.08. The first-order valence-electron chi connectivity index (χ1n) is 6.32. The van der Waals surface area contributed by atoms with Crippen LogP contribution in [-0.2, 0) is 6.54 Å². The quantitative estimate of drug-likeness (QED) is 0.814. The van der Waals surface area contributed by atoms with Crippen molar-refractivity contribution in [2.24, 2.45) is 0 Å². The molecule has 0 aliphatic carbocycles. The molecule has 0 radical (unpaired) electrons. The topological polar surface area (TPSA) is 29.9 Å².